The molecule has 6 heteroatoms. The van der Waals surface area contributed by atoms with Crippen molar-refractivity contribution in [2.24, 2.45) is 5.92 Å². The molecule has 0 spiro atoms. The van der Waals surface area contributed by atoms with E-state index >= 15 is 0 Å². The SMILES string of the molecule is CCCCNC(=O)[C@H]1CCCN(C(=O)c2ccc(NC(=O)c3ccc(C)cc3)cc2)C1. The summed E-state index contributed by atoms with van der Waals surface area (Å²) in [5, 5.41) is 5.83. The molecule has 1 aliphatic rings. The molecule has 1 saturated heterocycles. The Labute approximate surface area is 184 Å². The molecule has 2 N–H and O–H groups in total. The zero-order valence-corrected chi connectivity index (χ0v) is 18.3. The number of amides is 3. The number of likely N-dealkylation sites (tertiary alicyclic amines) is 1. The van der Waals surface area contributed by atoms with Crippen molar-refractivity contribution in [2.75, 3.05) is 25.0 Å². The molecule has 0 aromatic heterocycles. The molecular weight excluding hydrogens is 390 g/mol. The van der Waals surface area contributed by atoms with Gasteiger partial charge >= 0.3 is 0 Å². The van der Waals surface area contributed by atoms with Crippen molar-refractivity contribution in [3.05, 3.63) is 65.2 Å². The van der Waals surface area contributed by atoms with E-state index in [2.05, 4.69) is 17.6 Å². The number of unbranched alkanes of at least 4 members (excludes halogenated alkanes) is 1. The molecule has 1 aliphatic heterocycles. The Bertz CT molecular complexity index is 907. The minimum atomic E-state index is -0.188. The molecule has 0 radical (unpaired) electrons. The predicted molar refractivity (Wildman–Crippen MR) is 122 cm³/mol. The number of benzene rings is 2. The van der Waals surface area contributed by atoms with Gasteiger partial charge in [0, 0.05) is 36.4 Å². The molecule has 0 aliphatic carbocycles. The first-order valence-electron chi connectivity index (χ1n) is 11.0. The number of carbonyl (C=O) groups is 3. The van der Waals surface area contributed by atoms with E-state index in [-0.39, 0.29) is 23.6 Å². The summed E-state index contributed by atoms with van der Waals surface area (Å²) in [5.41, 5.74) is 2.87. The summed E-state index contributed by atoms with van der Waals surface area (Å²) < 4.78 is 0. The number of anilines is 1. The van der Waals surface area contributed by atoms with Gasteiger partial charge in [-0.15, -0.1) is 0 Å². The summed E-state index contributed by atoms with van der Waals surface area (Å²) in [4.78, 5) is 39.4. The van der Waals surface area contributed by atoms with Gasteiger partial charge in [0.15, 0.2) is 0 Å². The number of piperidine rings is 1. The quantitative estimate of drug-likeness (QED) is 0.663. The summed E-state index contributed by atoms with van der Waals surface area (Å²) >= 11 is 0. The second-order valence-corrected chi connectivity index (χ2v) is 8.13. The van der Waals surface area contributed by atoms with Gasteiger partial charge in [-0.1, -0.05) is 31.0 Å². The van der Waals surface area contributed by atoms with E-state index in [1.54, 1.807) is 41.3 Å². The van der Waals surface area contributed by atoms with Crippen LogP contribution in [0, 0.1) is 12.8 Å². The van der Waals surface area contributed by atoms with Gasteiger partial charge in [-0.3, -0.25) is 14.4 Å². The van der Waals surface area contributed by atoms with Gasteiger partial charge in [0.25, 0.3) is 11.8 Å². The lowest BCUT2D eigenvalue weighted by molar-refractivity contribution is -0.126. The van der Waals surface area contributed by atoms with Crippen molar-refractivity contribution >= 4 is 23.4 Å². The Hall–Kier alpha value is -3.15. The first kappa shape index (κ1) is 22.5. The maximum absolute atomic E-state index is 12.9. The highest BCUT2D eigenvalue weighted by molar-refractivity contribution is 6.04. The van der Waals surface area contributed by atoms with E-state index in [0.717, 1.165) is 31.2 Å². The fraction of sp³-hybridized carbons (Fsp3) is 0.400. The number of hydrogen-bond acceptors (Lipinski definition) is 3. The number of nitrogens with zero attached hydrogens (tertiary/aromatic N) is 1. The van der Waals surface area contributed by atoms with Crippen LogP contribution in [0.25, 0.3) is 0 Å². The van der Waals surface area contributed by atoms with Crippen LogP contribution in [-0.4, -0.2) is 42.3 Å². The molecule has 2 aromatic rings. The second-order valence-electron chi connectivity index (χ2n) is 8.13. The third-order valence-corrected chi connectivity index (χ3v) is 5.61. The van der Waals surface area contributed by atoms with E-state index in [9.17, 15) is 14.4 Å². The molecule has 1 heterocycles. The molecule has 1 fully saturated rings. The Kier molecular flexibility index (Phi) is 7.82. The second kappa shape index (κ2) is 10.8. The summed E-state index contributed by atoms with van der Waals surface area (Å²) in [5.74, 6) is -0.378. The topological polar surface area (TPSA) is 78.5 Å². The fourth-order valence-electron chi connectivity index (χ4n) is 3.70. The normalized spacial score (nSPS) is 15.9. The predicted octanol–water partition coefficient (Wildman–Crippen LogP) is 4.02. The molecule has 164 valence electrons. The molecular formula is C25H31N3O3. The van der Waals surface area contributed by atoms with E-state index < -0.39 is 0 Å². The van der Waals surface area contributed by atoms with Crippen LogP contribution in [0.15, 0.2) is 48.5 Å². The molecule has 31 heavy (non-hydrogen) atoms. The van der Waals surface area contributed by atoms with Crippen molar-refractivity contribution in [1.29, 1.82) is 0 Å². The van der Waals surface area contributed by atoms with Crippen LogP contribution in [0.4, 0.5) is 5.69 Å². The number of nitrogens with one attached hydrogen (secondary N) is 2. The monoisotopic (exact) mass is 421 g/mol. The van der Waals surface area contributed by atoms with Crippen LogP contribution < -0.4 is 10.6 Å². The Morgan fingerprint density at radius 3 is 2.35 bits per heavy atom. The maximum Gasteiger partial charge on any atom is 0.255 e. The molecule has 6 nitrogen and oxygen atoms in total. The highest BCUT2D eigenvalue weighted by Crippen LogP contribution is 2.20. The number of rotatable bonds is 7. The molecule has 0 saturated carbocycles. The summed E-state index contributed by atoms with van der Waals surface area (Å²) in [6.45, 7) is 5.86. The Morgan fingerprint density at radius 1 is 1.00 bits per heavy atom. The van der Waals surface area contributed by atoms with Gasteiger partial charge in [-0.05, 0) is 62.6 Å². The largest absolute Gasteiger partial charge is 0.356 e. The minimum absolute atomic E-state index is 0.0418. The van der Waals surface area contributed by atoms with E-state index in [1.807, 2.05) is 19.1 Å². The van der Waals surface area contributed by atoms with Crippen LogP contribution in [0.5, 0.6) is 0 Å². The van der Waals surface area contributed by atoms with Gasteiger partial charge in [-0.2, -0.15) is 0 Å². The maximum atomic E-state index is 12.9. The lowest BCUT2D eigenvalue weighted by atomic mass is 9.96. The average Bonchev–Trinajstić information content (AvgIpc) is 2.79. The van der Waals surface area contributed by atoms with Gasteiger partial charge < -0.3 is 15.5 Å². The van der Waals surface area contributed by atoms with Crippen molar-refractivity contribution < 1.29 is 14.4 Å². The van der Waals surface area contributed by atoms with Crippen molar-refractivity contribution in [3.8, 4) is 0 Å². The van der Waals surface area contributed by atoms with E-state index in [4.69, 9.17) is 0 Å². The zero-order valence-electron chi connectivity index (χ0n) is 18.3. The van der Waals surface area contributed by atoms with Crippen LogP contribution >= 0.6 is 0 Å². The highest BCUT2D eigenvalue weighted by atomic mass is 16.2. The van der Waals surface area contributed by atoms with Gasteiger partial charge in [-0.25, -0.2) is 0 Å². The highest BCUT2D eigenvalue weighted by Gasteiger charge is 2.28. The number of carbonyl (C=O) groups excluding carboxylic acids is 3. The van der Waals surface area contributed by atoms with Gasteiger partial charge in [0.2, 0.25) is 5.91 Å². The lowest BCUT2D eigenvalue weighted by Crippen LogP contribution is -2.45. The molecule has 2 aromatic carbocycles. The van der Waals surface area contributed by atoms with Crippen LogP contribution in [-0.2, 0) is 4.79 Å². The molecule has 1 atom stereocenters. The van der Waals surface area contributed by atoms with Crippen molar-refractivity contribution in [3.63, 3.8) is 0 Å². The van der Waals surface area contributed by atoms with E-state index in [1.165, 1.54) is 0 Å². The number of hydrogen-bond donors (Lipinski definition) is 2. The Morgan fingerprint density at radius 2 is 1.68 bits per heavy atom. The lowest BCUT2D eigenvalue weighted by Gasteiger charge is -2.32. The van der Waals surface area contributed by atoms with Crippen LogP contribution in [0.1, 0.15) is 58.9 Å². The third kappa shape index (κ3) is 6.17. The zero-order chi connectivity index (χ0) is 22.2. The standard InChI is InChI=1S/C25H31N3O3/c1-3-4-15-26-23(29)21-6-5-16-28(17-21)25(31)20-11-13-22(14-12-20)27-24(30)19-9-7-18(2)8-10-19/h7-14,21H,3-6,15-17H2,1-2H3,(H,26,29)(H,27,30)/t21-/m0/s1. The number of aryl methyl sites for hydroxylation is 1. The average molecular weight is 422 g/mol. The molecule has 0 unspecified atom stereocenters. The molecule has 3 rings (SSSR count). The van der Waals surface area contributed by atoms with Gasteiger partial charge in [0.1, 0.15) is 0 Å². The third-order valence-electron chi connectivity index (χ3n) is 5.61. The van der Waals surface area contributed by atoms with Crippen LogP contribution in [0.3, 0.4) is 0 Å². The van der Waals surface area contributed by atoms with Crippen molar-refractivity contribution in [2.45, 2.75) is 39.5 Å². The van der Waals surface area contributed by atoms with Crippen LogP contribution in [0.2, 0.25) is 0 Å². The smallest absolute Gasteiger partial charge is 0.255 e. The molecule has 3 amide bonds. The summed E-state index contributed by atoms with van der Waals surface area (Å²) in [6, 6.07) is 14.3. The first-order valence-corrected chi connectivity index (χ1v) is 11.0. The molecule has 0 bridgehead atoms. The van der Waals surface area contributed by atoms with E-state index in [0.29, 0.717) is 36.4 Å². The van der Waals surface area contributed by atoms with Crippen molar-refractivity contribution in [1.82, 2.24) is 10.2 Å². The van der Waals surface area contributed by atoms with Gasteiger partial charge in [0.05, 0.1) is 5.92 Å². The summed E-state index contributed by atoms with van der Waals surface area (Å²) in [7, 11) is 0. The minimum Gasteiger partial charge on any atom is -0.356 e. The fourth-order valence-corrected chi connectivity index (χ4v) is 3.70. The summed E-state index contributed by atoms with van der Waals surface area (Å²) in [6.07, 6.45) is 3.64. The first-order chi connectivity index (χ1) is 15.0. The Balaban J connectivity index is 1.57.